The highest BCUT2D eigenvalue weighted by molar-refractivity contribution is 5.59. The van der Waals surface area contributed by atoms with Crippen molar-refractivity contribution >= 4 is 5.95 Å². The van der Waals surface area contributed by atoms with Crippen molar-refractivity contribution in [1.82, 2.24) is 14.5 Å². The molecule has 132 valence electrons. The third kappa shape index (κ3) is 3.44. The first-order valence-corrected chi connectivity index (χ1v) is 9.06. The van der Waals surface area contributed by atoms with E-state index in [-0.39, 0.29) is 11.7 Å². The van der Waals surface area contributed by atoms with Crippen molar-refractivity contribution in [3.05, 3.63) is 40.9 Å². The van der Waals surface area contributed by atoms with E-state index < -0.39 is 0 Å². The summed E-state index contributed by atoms with van der Waals surface area (Å²) in [6, 6.07) is 5.35. The van der Waals surface area contributed by atoms with Crippen LogP contribution in [0.1, 0.15) is 25.7 Å². The molecule has 2 fully saturated rings. The van der Waals surface area contributed by atoms with E-state index in [9.17, 15) is 4.79 Å². The van der Waals surface area contributed by atoms with Gasteiger partial charge in [-0.2, -0.15) is 0 Å². The first-order chi connectivity index (χ1) is 12.2. The van der Waals surface area contributed by atoms with Crippen LogP contribution in [0.3, 0.4) is 0 Å². The molecule has 0 radical (unpaired) electrons. The summed E-state index contributed by atoms with van der Waals surface area (Å²) < 4.78 is 7.59. The van der Waals surface area contributed by atoms with Crippen molar-refractivity contribution in [1.29, 1.82) is 0 Å². The number of aromatic nitrogens is 3. The molecule has 0 bridgehead atoms. The number of ether oxygens (including phenoxy) is 1. The Morgan fingerprint density at radius 3 is 2.80 bits per heavy atom. The fourth-order valence-electron chi connectivity index (χ4n) is 3.62. The van der Waals surface area contributed by atoms with Crippen LogP contribution in [-0.2, 0) is 11.8 Å². The van der Waals surface area contributed by atoms with E-state index in [1.165, 1.54) is 19.3 Å². The molecule has 2 aromatic rings. The third-order valence-electron chi connectivity index (χ3n) is 5.33. The predicted octanol–water partition coefficient (Wildman–Crippen LogP) is 2.24. The smallest absolute Gasteiger partial charge is 0.255 e. The molecule has 1 aliphatic carbocycles. The molecule has 0 N–H and O–H groups in total. The third-order valence-corrected chi connectivity index (χ3v) is 5.33. The van der Waals surface area contributed by atoms with Gasteiger partial charge in [-0.3, -0.25) is 14.3 Å². The van der Waals surface area contributed by atoms with Crippen LogP contribution in [-0.4, -0.2) is 40.3 Å². The summed E-state index contributed by atoms with van der Waals surface area (Å²) in [4.78, 5) is 23.5. The normalized spacial score (nSPS) is 21.2. The number of hydrogen-bond donors (Lipinski definition) is 0. The predicted molar refractivity (Wildman–Crippen MR) is 96.6 cm³/mol. The molecule has 1 saturated heterocycles. The van der Waals surface area contributed by atoms with Crippen LogP contribution in [0.25, 0.3) is 11.3 Å². The molecule has 1 saturated carbocycles. The summed E-state index contributed by atoms with van der Waals surface area (Å²) in [5.74, 6) is 1.53. The minimum Gasteiger partial charge on any atom is -0.375 e. The number of morpholine rings is 1. The fourth-order valence-corrected chi connectivity index (χ4v) is 3.62. The zero-order valence-corrected chi connectivity index (χ0v) is 14.6. The van der Waals surface area contributed by atoms with Crippen molar-refractivity contribution in [2.75, 3.05) is 24.6 Å². The lowest BCUT2D eigenvalue weighted by Crippen LogP contribution is -2.46. The highest BCUT2D eigenvalue weighted by atomic mass is 16.5. The summed E-state index contributed by atoms with van der Waals surface area (Å²) >= 11 is 0. The van der Waals surface area contributed by atoms with Gasteiger partial charge in [0.05, 0.1) is 18.4 Å². The van der Waals surface area contributed by atoms with Gasteiger partial charge in [-0.1, -0.05) is 19.3 Å². The van der Waals surface area contributed by atoms with Crippen molar-refractivity contribution < 1.29 is 4.74 Å². The molecule has 2 aromatic heterocycles. The van der Waals surface area contributed by atoms with Crippen LogP contribution in [0.5, 0.6) is 0 Å². The van der Waals surface area contributed by atoms with Crippen LogP contribution in [0.15, 0.2) is 35.4 Å². The van der Waals surface area contributed by atoms with Gasteiger partial charge in [0.15, 0.2) is 0 Å². The molecule has 25 heavy (non-hydrogen) atoms. The number of hydrogen-bond acceptors (Lipinski definition) is 5. The summed E-state index contributed by atoms with van der Waals surface area (Å²) in [6.45, 7) is 2.25. The largest absolute Gasteiger partial charge is 0.375 e. The summed E-state index contributed by atoms with van der Waals surface area (Å²) in [5.41, 5.74) is 1.56. The lowest BCUT2D eigenvalue weighted by atomic mass is 9.81. The van der Waals surface area contributed by atoms with Gasteiger partial charge in [0.2, 0.25) is 5.95 Å². The van der Waals surface area contributed by atoms with Crippen LogP contribution in [0.2, 0.25) is 0 Å². The van der Waals surface area contributed by atoms with Crippen LogP contribution in [0, 0.1) is 5.92 Å². The van der Waals surface area contributed by atoms with Gasteiger partial charge < -0.3 is 9.64 Å². The van der Waals surface area contributed by atoms with Crippen molar-refractivity contribution in [2.45, 2.75) is 31.8 Å². The van der Waals surface area contributed by atoms with Gasteiger partial charge in [-0.15, -0.1) is 0 Å². The molecule has 0 spiro atoms. The average Bonchev–Trinajstić information content (AvgIpc) is 2.61. The Morgan fingerprint density at radius 2 is 2.08 bits per heavy atom. The molecule has 1 aliphatic heterocycles. The Hall–Kier alpha value is -2.21. The summed E-state index contributed by atoms with van der Waals surface area (Å²) in [7, 11) is 1.79. The van der Waals surface area contributed by atoms with E-state index in [4.69, 9.17) is 9.72 Å². The van der Waals surface area contributed by atoms with E-state index in [2.05, 4.69) is 9.88 Å². The average molecular weight is 340 g/mol. The topological polar surface area (TPSA) is 60.2 Å². The molecule has 2 aliphatic rings. The molecule has 1 unspecified atom stereocenters. The molecule has 4 rings (SSSR count). The lowest BCUT2D eigenvalue weighted by Gasteiger charge is -2.37. The second-order valence-corrected chi connectivity index (χ2v) is 7.05. The van der Waals surface area contributed by atoms with E-state index in [1.807, 2.05) is 12.1 Å². The number of anilines is 1. The molecule has 0 aromatic carbocycles. The van der Waals surface area contributed by atoms with Crippen LogP contribution >= 0.6 is 0 Å². The Kier molecular flexibility index (Phi) is 4.53. The number of nitrogens with zero attached hydrogens (tertiary/aromatic N) is 4. The maximum atomic E-state index is 12.4. The van der Waals surface area contributed by atoms with Crippen LogP contribution < -0.4 is 10.5 Å². The quantitative estimate of drug-likeness (QED) is 0.854. The van der Waals surface area contributed by atoms with Crippen LogP contribution in [0.4, 0.5) is 5.95 Å². The Morgan fingerprint density at radius 1 is 1.28 bits per heavy atom. The van der Waals surface area contributed by atoms with Crippen molar-refractivity contribution in [2.24, 2.45) is 13.0 Å². The van der Waals surface area contributed by atoms with Gasteiger partial charge in [-0.25, -0.2) is 4.98 Å². The van der Waals surface area contributed by atoms with Gasteiger partial charge in [0.25, 0.3) is 5.56 Å². The highest BCUT2D eigenvalue weighted by Gasteiger charge is 2.28. The number of rotatable bonds is 4. The van der Waals surface area contributed by atoms with Gasteiger partial charge >= 0.3 is 0 Å². The first-order valence-electron chi connectivity index (χ1n) is 9.06. The zero-order chi connectivity index (χ0) is 17.2. The van der Waals surface area contributed by atoms with Gasteiger partial charge in [-0.05, 0) is 24.5 Å². The van der Waals surface area contributed by atoms with E-state index in [0.29, 0.717) is 12.3 Å². The minimum atomic E-state index is -0.0427. The molecule has 3 heterocycles. The van der Waals surface area contributed by atoms with E-state index in [1.54, 1.807) is 30.1 Å². The summed E-state index contributed by atoms with van der Waals surface area (Å²) in [5, 5.41) is 0. The molecular weight excluding hydrogens is 316 g/mol. The molecule has 6 nitrogen and oxygen atoms in total. The first kappa shape index (κ1) is 16.3. The molecule has 0 amide bonds. The minimum absolute atomic E-state index is 0.0427. The van der Waals surface area contributed by atoms with E-state index in [0.717, 1.165) is 36.9 Å². The molecular formula is C19H24N4O2. The number of pyridine rings is 1. The molecule has 6 heteroatoms. The second kappa shape index (κ2) is 6.96. The summed E-state index contributed by atoms with van der Waals surface area (Å²) in [6.07, 6.45) is 8.80. The maximum Gasteiger partial charge on any atom is 0.255 e. The van der Waals surface area contributed by atoms with Crippen molar-refractivity contribution in [3.63, 3.8) is 0 Å². The van der Waals surface area contributed by atoms with E-state index >= 15 is 0 Å². The Labute approximate surface area is 147 Å². The standard InChI is InChI=1S/C19H24N4O2/c1-22-18(24)12-17(15-5-7-20-8-6-15)21-19(22)23-9-10-25-16(13-23)11-14-3-2-4-14/h5-8,12,14,16H,2-4,9-11,13H2,1H3. The highest BCUT2D eigenvalue weighted by Crippen LogP contribution is 2.32. The Balaban J connectivity index is 1.60. The van der Waals surface area contributed by atoms with Gasteiger partial charge in [0.1, 0.15) is 0 Å². The molecule has 1 atom stereocenters. The maximum absolute atomic E-state index is 12.4. The second-order valence-electron chi connectivity index (χ2n) is 7.05. The SMILES string of the molecule is Cn1c(N2CCOC(CC3CCC3)C2)nc(-c2ccncc2)cc1=O. The van der Waals surface area contributed by atoms with Gasteiger partial charge in [0, 0.05) is 44.2 Å². The fraction of sp³-hybridized carbons (Fsp3) is 0.526. The Bertz CT molecular complexity index is 786. The lowest BCUT2D eigenvalue weighted by molar-refractivity contribution is 0.0152. The zero-order valence-electron chi connectivity index (χ0n) is 14.6. The van der Waals surface area contributed by atoms with Crippen molar-refractivity contribution in [3.8, 4) is 11.3 Å². The monoisotopic (exact) mass is 340 g/mol.